The van der Waals surface area contributed by atoms with Gasteiger partial charge < -0.3 is 19.5 Å². The highest BCUT2D eigenvalue weighted by Crippen LogP contribution is 2.24. The molecule has 1 aliphatic rings. The lowest BCUT2D eigenvalue weighted by Gasteiger charge is -2.32. The van der Waals surface area contributed by atoms with E-state index in [1.165, 1.54) is 0 Å². The Balaban J connectivity index is 2.11. The molecule has 1 N–H and O–H groups in total. The molecular formula is C13H20N4O3. The molecule has 2 amide bonds. The van der Waals surface area contributed by atoms with Gasteiger partial charge in [-0.15, -0.1) is 0 Å². The Hall–Kier alpha value is -1.89. The third-order valence-corrected chi connectivity index (χ3v) is 3.46. The lowest BCUT2D eigenvalue weighted by atomic mass is 10.2. The summed E-state index contributed by atoms with van der Waals surface area (Å²) in [5, 5.41) is 2.74. The largest absolute Gasteiger partial charge is 0.383 e. The molecule has 1 aromatic rings. The average molecular weight is 280 g/mol. The molecular weight excluding hydrogens is 260 g/mol. The molecule has 0 bridgehead atoms. The first-order valence-electron chi connectivity index (χ1n) is 6.66. The molecule has 20 heavy (non-hydrogen) atoms. The molecule has 0 spiro atoms. The molecule has 2 heterocycles. The molecule has 2 rings (SSSR count). The third kappa shape index (κ3) is 2.82. The molecule has 7 heteroatoms. The third-order valence-electron chi connectivity index (χ3n) is 3.46. The number of carbonyl (C=O) groups is 2. The number of hydrogen-bond acceptors (Lipinski definition) is 4. The van der Waals surface area contributed by atoms with E-state index in [1.807, 2.05) is 11.5 Å². The first-order chi connectivity index (χ1) is 9.54. The smallest absolute Gasteiger partial charge is 0.271 e. The van der Waals surface area contributed by atoms with E-state index in [4.69, 9.17) is 4.74 Å². The quantitative estimate of drug-likeness (QED) is 0.798. The van der Waals surface area contributed by atoms with Crippen molar-refractivity contribution in [2.45, 2.75) is 26.4 Å². The minimum absolute atomic E-state index is 0.0258. The van der Waals surface area contributed by atoms with Crippen LogP contribution in [0.1, 0.15) is 36.2 Å². The number of rotatable bonds is 4. The van der Waals surface area contributed by atoms with Crippen molar-refractivity contribution in [2.24, 2.45) is 0 Å². The number of nitrogens with one attached hydrogen (secondary N) is 1. The summed E-state index contributed by atoms with van der Waals surface area (Å²) < 4.78 is 6.82. The Morgan fingerprint density at radius 2 is 2.25 bits per heavy atom. The summed E-state index contributed by atoms with van der Waals surface area (Å²) in [7, 11) is 1.58. The predicted octanol–water partition coefficient (Wildman–Crippen LogP) is 0.182. The van der Waals surface area contributed by atoms with Gasteiger partial charge in [-0.3, -0.25) is 9.59 Å². The van der Waals surface area contributed by atoms with Gasteiger partial charge in [-0.1, -0.05) is 0 Å². The minimum atomic E-state index is -0.217. The van der Waals surface area contributed by atoms with E-state index in [0.29, 0.717) is 31.9 Å². The molecule has 0 radical (unpaired) electrons. The van der Waals surface area contributed by atoms with Gasteiger partial charge in [-0.25, -0.2) is 4.98 Å². The standard InChI is InChI=1S/C13H20N4O3/c1-9-12-15-11(13(19)14-4-7-20-3)8-16(12)5-6-17(9)10(2)18/h8-9H,4-7H2,1-3H3,(H,14,19)/t9-/m1/s1. The van der Waals surface area contributed by atoms with Crippen molar-refractivity contribution in [1.82, 2.24) is 19.8 Å². The number of aromatic nitrogens is 2. The van der Waals surface area contributed by atoms with Crippen molar-refractivity contribution >= 4 is 11.8 Å². The first-order valence-corrected chi connectivity index (χ1v) is 6.66. The predicted molar refractivity (Wildman–Crippen MR) is 72.2 cm³/mol. The molecule has 0 saturated heterocycles. The van der Waals surface area contributed by atoms with Crippen LogP contribution in [0, 0.1) is 0 Å². The van der Waals surface area contributed by atoms with Crippen LogP contribution in [0.4, 0.5) is 0 Å². The minimum Gasteiger partial charge on any atom is -0.383 e. The fraction of sp³-hybridized carbons (Fsp3) is 0.615. The molecule has 0 fully saturated rings. The van der Waals surface area contributed by atoms with Crippen molar-refractivity contribution in [3.8, 4) is 0 Å². The van der Waals surface area contributed by atoms with Crippen LogP contribution in [-0.4, -0.2) is 53.1 Å². The Bertz CT molecular complexity index is 512. The maximum absolute atomic E-state index is 11.9. The molecule has 0 aromatic carbocycles. The van der Waals surface area contributed by atoms with Gasteiger partial charge in [-0.05, 0) is 6.92 Å². The van der Waals surface area contributed by atoms with E-state index >= 15 is 0 Å². The lowest BCUT2D eigenvalue weighted by Crippen LogP contribution is -2.39. The molecule has 1 atom stereocenters. The summed E-state index contributed by atoms with van der Waals surface area (Å²) in [6.45, 7) is 5.70. The topological polar surface area (TPSA) is 76.5 Å². The van der Waals surface area contributed by atoms with E-state index in [0.717, 1.165) is 5.82 Å². The Morgan fingerprint density at radius 3 is 2.90 bits per heavy atom. The number of nitrogens with zero attached hydrogens (tertiary/aromatic N) is 3. The maximum Gasteiger partial charge on any atom is 0.271 e. The van der Waals surface area contributed by atoms with E-state index in [-0.39, 0.29) is 17.9 Å². The van der Waals surface area contributed by atoms with Crippen molar-refractivity contribution in [3.05, 3.63) is 17.7 Å². The van der Waals surface area contributed by atoms with Gasteiger partial charge in [-0.2, -0.15) is 0 Å². The number of carbonyl (C=O) groups excluding carboxylic acids is 2. The van der Waals surface area contributed by atoms with Gasteiger partial charge >= 0.3 is 0 Å². The highest BCUT2D eigenvalue weighted by molar-refractivity contribution is 5.92. The summed E-state index contributed by atoms with van der Waals surface area (Å²) >= 11 is 0. The van der Waals surface area contributed by atoms with Gasteiger partial charge in [0.25, 0.3) is 5.91 Å². The first kappa shape index (κ1) is 14.5. The second-order valence-electron chi connectivity index (χ2n) is 4.81. The molecule has 0 unspecified atom stereocenters. The zero-order valence-corrected chi connectivity index (χ0v) is 12.0. The van der Waals surface area contributed by atoms with Crippen LogP contribution >= 0.6 is 0 Å². The van der Waals surface area contributed by atoms with Crippen LogP contribution in [0.3, 0.4) is 0 Å². The Labute approximate surface area is 117 Å². The van der Waals surface area contributed by atoms with Crippen molar-refractivity contribution < 1.29 is 14.3 Å². The fourth-order valence-corrected chi connectivity index (χ4v) is 2.39. The van der Waals surface area contributed by atoms with E-state index in [1.54, 1.807) is 25.1 Å². The van der Waals surface area contributed by atoms with Crippen LogP contribution in [-0.2, 0) is 16.1 Å². The lowest BCUT2D eigenvalue weighted by molar-refractivity contribution is -0.132. The van der Waals surface area contributed by atoms with Crippen molar-refractivity contribution in [3.63, 3.8) is 0 Å². The maximum atomic E-state index is 11.9. The summed E-state index contributed by atoms with van der Waals surface area (Å²) in [5.74, 6) is 0.562. The van der Waals surface area contributed by atoms with Gasteiger partial charge in [0.15, 0.2) is 0 Å². The average Bonchev–Trinajstić information content (AvgIpc) is 2.84. The summed E-state index contributed by atoms with van der Waals surface area (Å²) in [4.78, 5) is 29.6. The van der Waals surface area contributed by atoms with Crippen molar-refractivity contribution in [1.29, 1.82) is 0 Å². The number of hydrogen-bond donors (Lipinski definition) is 1. The van der Waals surface area contributed by atoms with Gasteiger partial charge in [0.05, 0.1) is 12.6 Å². The number of fused-ring (bicyclic) bond motifs is 1. The summed E-state index contributed by atoms with van der Waals surface area (Å²) in [6.07, 6.45) is 1.74. The number of ether oxygens (including phenoxy) is 1. The number of amides is 2. The zero-order valence-electron chi connectivity index (χ0n) is 12.0. The van der Waals surface area contributed by atoms with Gasteiger partial charge in [0, 0.05) is 39.9 Å². The fourth-order valence-electron chi connectivity index (χ4n) is 2.39. The second-order valence-corrected chi connectivity index (χ2v) is 4.81. The highest BCUT2D eigenvalue weighted by Gasteiger charge is 2.28. The Kier molecular flexibility index (Phi) is 4.39. The normalized spacial score (nSPS) is 17.8. The van der Waals surface area contributed by atoms with Crippen LogP contribution in [0.2, 0.25) is 0 Å². The van der Waals surface area contributed by atoms with Crippen LogP contribution in [0.15, 0.2) is 6.20 Å². The number of methoxy groups -OCH3 is 1. The van der Waals surface area contributed by atoms with E-state index in [2.05, 4.69) is 10.3 Å². The molecule has 110 valence electrons. The van der Waals surface area contributed by atoms with Crippen LogP contribution in [0.5, 0.6) is 0 Å². The Morgan fingerprint density at radius 1 is 1.50 bits per heavy atom. The van der Waals surface area contributed by atoms with E-state index < -0.39 is 0 Å². The van der Waals surface area contributed by atoms with Gasteiger partial charge in [0.2, 0.25) is 5.91 Å². The van der Waals surface area contributed by atoms with Crippen LogP contribution in [0.25, 0.3) is 0 Å². The molecule has 0 aliphatic carbocycles. The monoisotopic (exact) mass is 280 g/mol. The van der Waals surface area contributed by atoms with Crippen molar-refractivity contribution in [2.75, 3.05) is 26.8 Å². The zero-order chi connectivity index (χ0) is 14.7. The van der Waals surface area contributed by atoms with Crippen LogP contribution < -0.4 is 5.32 Å². The van der Waals surface area contributed by atoms with Gasteiger partial charge in [0.1, 0.15) is 11.5 Å². The molecule has 1 aromatic heterocycles. The summed E-state index contributed by atoms with van der Waals surface area (Å²) in [5.41, 5.74) is 0.383. The SMILES string of the molecule is COCCNC(=O)c1cn2c(n1)[C@@H](C)N(C(C)=O)CC2. The molecule has 1 aliphatic heterocycles. The molecule has 0 saturated carbocycles. The number of imidazole rings is 1. The van der Waals surface area contributed by atoms with E-state index in [9.17, 15) is 9.59 Å². The second kappa shape index (κ2) is 6.04. The highest BCUT2D eigenvalue weighted by atomic mass is 16.5. The summed E-state index contributed by atoms with van der Waals surface area (Å²) in [6, 6.07) is -0.109. The molecule has 7 nitrogen and oxygen atoms in total.